The van der Waals surface area contributed by atoms with Crippen LogP contribution in [0.1, 0.15) is 19.7 Å². The largest absolute Gasteiger partial charge is 0.374 e. The van der Waals surface area contributed by atoms with Crippen LogP contribution in [0.25, 0.3) is 0 Å². The van der Waals surface area contributed by atoms with Crippen LogP contribution in [-0.4, -0.2) is 23.1 Å². The van der Waals surface area contributed by atoms with Gasteiger partial charge in [0.2, 0.25) is 0 Å². The van der Waals surface area contributed by atoms with E-state index in [0.29, 0.717) is 24.2 Å². The maximum absolute atomic E-state index is 6.08. The molecule has 5 heteroatoms. The van der Waals surface area contributed by atoms with Crippen LogP contribution in [-0.2, 0) is 11.3 Å². The number of aromatic nitrogens is 2. The van der Waals surface area contributed by atoms with E-state index >= 15 is 0 Å². The van der Waals surface area contributed by atoms with Gasteiger partial charge in [-0.1, -0.05) is 29.8 Å². The van der Waals surface area contributed by atoms with Crippen molar-refractivity contribution in [3.63, 3.8) is 0 Å². The summed E-state index contributed by atoms with van der Waals surface area (Å²) in [5.41, 5.74) is 1.08. The maximum atomic E-state index is 6.08. The number of halogens is 1. The van der Waals surface area contributed by atoms with Crippen molar-refractivity contribution in [2.75, 3.05) is 18.1 Å². The fourth-order valence-electron chi connectivity index (χ4n) is 1.93. The first-order chi connectivity index (χ1) is 9.74. The number of benzene rings is 1. The number of para-hydroxylation sites is 1. The SMILES string of the molecule is CCOCc1nc(Cl)cc(N(CC)c2ccccc2)n1. The first-order valence-electron chi connectivity index (χ1n) is 6.68. The molecule has 0 atom stereocenters. The molecule has 0 amide bonds. The van der Waals surface area contributed by atoms with Crippen molar-refractivity contribution in [3.05, 3.63) is 47.4 Å². The Kier molecular flexibility index (Phi) is 5.32. The predicted molar refractivity (Wildman–Crippen MR) is 81.5 cm³/mol. The number of rotatable bonds is 6. The van der Waals surface area contributed by atoms with Gasteiger partial charge in [0.25, 0.3) is 0 Å². The van der Waals surface area contributed by atoms with Crippen molar-refractivity contribution >= 4 is 23.1 Å². The Morgan fingerprint density at radius 2 is 1.90 bits per heavy atom. The lowest BCUT2D eigenvalue weighted by Gasteiger charge is -2.22. The first-order valence-corrected chi connectivity index (χ1v) is 7.06. The second kappa shape index (κ2) is 7.22. The van der Waals surface area contributed by atoms with Gasteiger partial charge in [-0.25, -0.2) is 9.97 Å². The van der Waals surface area contributed by atoms with Gasteiger partial charge in [0.1, 0.15) is 17.6 Å². The van der Waals surface area contributed by atoms with Crippen LogP contribution in [0.2, 0.25) is 5.15 Å². The molecule has 0 saturated heterocycles. The van der Waals surface area contributed by atoms with Crippen molar-refractivity contribution in [1.82, 2.24) is 9.97 Å². The van der Waals surface area contributed by atoms with E-state index in [0.717, 1.165) is 18.1 Å². The molecular weight excluding hydrogens is 274 g/mol. The van der Waals surface area contributed by atoms with E-state index in [2.05, 4.69) is 21.8 Å². The molecule has 20 heavy (non-hydrogen) atoms. The van der Waals surface area contributed by atoms with E-state index in [1.54, 1.807) is 6.07 Å². The van der Waals surface area contributed by atoms with E-state index < -0.39 is 0 Å². The number of hydrogen-bond donors (Lipinski definition) is 0. The summed E-state index contributed by atoms with van der Waals surface area (Å²) in [6.45, 7) is 5.81. The van der Waals surface area contributed by atoms with E-state index in [9.17, 15) is 0 Å². The highest BCUT2D eigenvalue weighted by Gasteiger charge is 2.11. The van der Waals surface area contributed by atoms with Crippen LogP contribution in [0.4, 0.5) is 11.5 Å². The number of ether oxygens (including phenoxy) is 1. The summed E-state index contributed by atoms with van der Waals surface area (Å²) in [4.78, 5) is 10.8. The molecule has 1 aromatic heterocycles. The number of hydrogen-bond acceptors (Lipinski definition) is 4. The van der Waals surface area contributed by atoms with Crippen LogP contribution >= 0.6 is 11.6 Å². The monoisotopic (exact) mass is 291 g/mol. The molecule has 2 aromatic rings. The molecule has 0 radical (unpaired) electrons. The van der Waals surface area contributed by atoms with Gasteiger partial charge in [-0.05, 0) is 26.0 Å². The third-order valence-corrected chi connectivity index (χ3v) is 3.02. The Labute approximate surface area is 124 Å². The Bertz CT molecular complexity index is 548. The van der Waals surface area contributed by atoms with Gasteiger partial charge in [-0.3, -0.25) is 0 Å². The van der Waals surface area contributed by atoms with E-state index in [1.165, 1.54) is 0 Å². The number of nitrogens with zero attached hydrogens (tertiary/aromatic N) is 3. The third kappa shape index (κ3) is 3.68. The van der Waals surface area contributed by atoms with Crippen molar-refractivity contribution in [2.24, 2.45) is 0 Å². The topological polar surface area (TPSA) is 38.2 Å². The minimum Gasteiger partial charge on any atom is -0.374 e. The molecule has 106 valence electrons. The summed E-state index contributed by atoms with van der Waals surface area (Å²) < 4.78 is 5.35. The summed E-state index contributed by atoms with van der Waals surface area (Å²) in [7, 11) is 0. The lowest BCUT2D eigenvalue weighted by atomic mass is 10.3. The zero-order valence-electron chi connectivity index (χ0n) is 11.7. The molecule has 4 nitrogen and oxygen atoms in total. The minimum absolute atomic E-state index is 0.371. The third-order valence-electron chi connectivity index (χ3n) is 2.82. The molecule has 0 aliphatic heterocycles. The van der Waals surface area contributed by atoms with Crippen LogP contribution in [0.15, 0.2) is 36.4 Å². The van der Waals surface area contributed by atoms with Crippen LogP contribution in [0, 0.1) is 0 Å². The highest BCUT2D eigenvalue weighted by Crippen LogP contribution is 2.24. The zero-order valence-corrected chi connectivity index (χ0v) is 12.5. The number of anilines is 2. The van der Waals surface area contributed by atoms with Gasteiger partial charge >= 0.3 is 0 Å². The van der Waals surface area contributed by atoms with Crippen LogP contribution < -0.4 is 4.90 Å². The fraction of sp³-hybridized carbons (Fsp3) is 0.333. The highest BCUT2D eigenvalue weighted by molar-refractivity contribution is 6.29. The summed E-state index contributed by atoms with van der Waals surface area (Å²) in [6.07, 6.45) is 0. The van der Waals surface area contributed by atoms with Crippen LogP contribution in [0.5, 0.6) is 0 Å². The second-order valence-corrected chi connectivity index (χ2v) is 4.57. The summed E-state index contributed by atoms with van der Waals surface area (Å²) >= 11 is 6.08. The van der Waals surface area contributed by atoms with Gasteiger partial charge in [-0.2, -0.15) is 0 Å². The molecule has 0 fully saturated rings. The molecule has 0 unspecified atom stereocenters. The molecule has 0 aliphatic carbocycles. The Morgan fingerprint density at radius 1 is 1.15 bits per heavy atom. The molecule has 1 aromatic carbocycles. The van der Waals surface area contributed by atoms with Crippen molar-refractivity contribution in [1.29, 1.82) is 0 Å². The van der Waals surface area contributed by atoms with Gasteiger partial charge < -0.3 is 9.64 Å². The molecular formula is C15H18ClN3O. The van der Waals surface area contributed by atoms with Gasteiger partial charge in [-0.15, -0.1) is 0 Å². The second-order valence-electron chi connectivity index (χ2n) is 4.18. The molecule has 0 N–H and O–H groups in total. The maximum Gasteiger partial charge on any atom is 0.158 e. The molecule has 0 saturated carbocycles. The summed E-state index contributed by atoms with van der Waals surface area (Å²) in [6, 6.07) is 11.9. The lowest BCUT2D eigenvalue weighted by molar-refractivity contribution is 0.128. The Balaban J connectivity index is 2.32. The van der Waals surface area contributed by atoms with E-state index in [1.807, 2.05) is 37.3 Å². The van der Waals surface area contributed by atoms with Crippen molar-refractivity contribution in [3.8, 4) is 0 Å². The summed E-state index contributed by atoms with van der Waals surface area (Å²) in [5, 5.41) is 0.430. The molecule has 0 aliphatic rings. The molecule has 2 rings (SSSR count). The van der Waals surface area contributed by atoms with Gasteiger partial charge in [0.05, 0.1) is 0 Å². The lowest BCUT2D eigenvalue weighted by Crippen LogP contribution is -2.18. The van der Waals surface area contributed by atoms with Gasteiger partial charge in [0, 0.05) is 24.9 Å². The van der Waals surface area contributed by atoms with E-state index in [4.69, 9.17) is 16.3 Å². The normalized spacial score (nSPS) is 10.6. The fourth-order valence-corrected chi connectivity index (χ4v) is 2.13. The van der Waals surface area contributed by atoms with Crippen LogP contribution in [0.3, 0.4) is 0 Å². The predicted octanol–water partition coefficient (Wildman–Crippen LogP) is 3.82. The van der Waals surface area contributed by atoms with E-state index in [-0.39, 0.29) is 0 Å². The summed E-state index contributed by atoms with van der Waals surface area (Å²) in [5.74, 6) is 1.39. The zero-order chi connectivity index (χ0) is 14.4. The van der Waals surface area contributed by atoms with Crippen molar-refractivity contribution in [2.45, 2.75) is 20.5 Å². The standard InChI is InChI=1S/C15H18ClN3O/c1-3-19(12-8-6-5-7-9-12)15-10-13(16)17-14(18-15)11-20-4-2/h5-10H,3-4,11H2,1-2H3. The average Bonchev–Trinajstić information content (AvgIpc) is 2.46. The molecule has 0 bridgehead atoms. The smallest absolute Gasteiger partial charge is 0.158 e. The molecule has 0 spiro atoms. The average molecular weight is 292 g/mol. The quantitative estimate of drug-likeness (QED) is 0.758. The Morgan fingerprint density at radius 3 is 2.55 bits per heavy atom. The Hall–Kier alpha value is -1.65. The van der Waals surface area contributed by atoms with Crippen molar-refractivity contribution < 1.29 is 4.74 Å². The van der Waals surface area contributed by atoms with Gasteiger partial charge in [0.15, 0.2) is 5.82 Å². The minimum atomic E-state index is 0.371. The first kappa shape index (κ1) is 14.8. The highest BCUT2D eigenvalue weighted by atomic mass is 35.5. The molecule has 1 heterocycles.